The molecule has 0 fully saturated rings. The lowest BCUT2D eigenvalue weighted by Gasteiger charge is -2.05. The first-order chi connectivity index (χ1) is 3.43. The van der Waals surface area contributed by atoms with E-state index >= 15 is 0 Å². The number of hydrazone groups is 1. The zero-order chi connectivity index (χ0) is 5.11. The summed E-state index contributed by atoms with van der Waals surface area (Å²) >= 11 is 0. The molecule has 0 aromatic carbocycles. The fourth-order valence-corrected chi connectivity index (χ4v) is 0.465. The molecule has 37 valence electrons. The average Bonchev–Trinajstić information content (AvgIpc) is 2.14. The Morgan fingerprint density at radius 1 is 1.86 bits per heavy atom. The van der Waals surface area contributed by atoms with Crippen molar-refractivity contribution in [3.63, 3.8) is 0 Å². The highest BCUT2D eigenvalue weighted by atomic mass is 15.5. The maximum absolute atomic E-state index is 3.83. The molecular weight excluding hydrogens is 88.1 g/mol. The van der Waals surface area contributed by atoms with Crippen molar-refractivity contribution in [3.8, 4) is 0 Å². The second kappa shape index (κ2) is 1.96. The third kappa shape index (κ3) is 0.918. The topological polar surface area (TPSA) is 15.6 Å². The third-order valence-corrected chi connectivity index (χ3v) is 0.832. The van der Waals surface area contributed by atoms with Crippen molar-refractivity contribution in [2.75, 3.05) is 6.54 Å². The van der Waals surface area contributed by atoms with Crippen molar-refractivity contribution in [2.45, 2.75) is 13.3 Å². The highest BCUT2D eigenvalue weighted by molar-refractivity contribution is 5.60. The van der Waals surface area contributed by atoms with E-state index in [4.69, 9.17) is 0 Å². The van der Waals surface area contributed by atoms with Gasteiger partial charge in [0.25, 0.3) is 0 Å². The number of rotatable bonds is 1. The summed E-state index contributed by atoms with van der Waals surface area (Å²) in [6.45, 7) is 5.90. The molecule has 0 amide bonds. The Kier molecular flexibility index (Phi) is 1.29. The first-order valence-electron chi connectivity index (χ1n) is 2.38. The molecule has 0 aliphatic carbocycles. The summed E-state index contributed by atoms with van der Waals surface area (Å²) in [5.41, 5.74) is 0. The van der Waals surface area contributed by atoms with Gasteiger partial charge in [0, 0.05) is 13.0 Å². The molecule has 0 aromatic rings. The molecule has 1 heterocycles. The lowest BCUT2D eigenvalue weighted by atomic mass is 10.5. The fourth-order valence-electron chi connectivity index (χ4n) is 0.465. The van der Waals surface area contributed by atoms with E-state index in [1.807, 2.05) is 6.92 Å². The zero-order valence-electron chi connectivity index (χ0n) is 4.31. The van der Waals surface area contributed by atoms with Crippen molar-refractivity contribution in [2.24, 2.45) is 5.10 Å². The number of nitrogens with zero attached hydrogens (tertiary/aromatic N) is 2. The van der Waals surface area contributed by atoms with Crippen LogP contribution in [0, 0.1) is 6.54 Å². The smallest absolute Gasteiger partial charge is 0.119 e. The first-order valence-corrected chi connectivity index (χ1v) is 2.38. The Morgan fingerprint density at radius 2 is 2.71 bits per heavy atom. The summed E-state index contributed by atoms with van der Waals surface area (Å²) in [6.07, 6.45) is 3.52. The van der Waals surface area contributed by atoms with Gasteiger partial charge >= 0.3 is 0 Å². The van der Waals surface area contributed by atoms with Crippen LogP contribution in [0.15, 0.2) is 5.10 Å². The van der Waals surface area contributed by atoms with Crippen LogP contribution in [0.4, 0.5) is 0 Å². The van der Waals surface area contributed by atoms with Crippen LogP contribution in [0.2, 0.25) is 0 Å². The molecule has 0 spiro atoms. The molecule has 7 heavy (non-hydrogen) atoms. The van der Waals surface area contributed by atoms with Crippen LogP contribution in [0.5, 0.6) is 0 Å². The van der Waals surface area contributed by atoms with Gasteiger partial charge in [-0.3, -0.25) is 5.01 Å². The van der Waals surface area contributed by atoms with Gasteiger partial charge in [0.05, 0.1) is 6.21 Å². The molecule has 0 bridgehead atoms. The lowest BCUT2D eigenvalue weighted by molar-refractivity contribution is 0.393. The normalized spacial score (nSPS) is 18.7. The van der Waals surface area contributed by atoms with Gasteiger partial charge in [0.1, 0.15) is 6.54 Å². The second-order valence-electron chi connectivity index (χ2n) is 1.31. The average molecular weight is 95.1 g/mol. The zero-order valence-corrected chi connectivity index (χ0v) is 4.31. The van der Waals surface area contributed by atoms with Crippen LogP contribution in [0.1, 0.15) is 13.3 Å². The van der Waals surface area contributed by atoms with Gasteiger partial charge in [-0.05, 0) is 6.92 Å². The molecule has 0 N–H and O–H groups in total. The molecular formula is C5H7N2. The molecule has 0 saturated heterocycles. The molecule has 1 aliphatic heterocycles. The predicted octanol–water partition coefficient (Wildman–Crippen LogP) is 0.614. The van der Waals surface area contributed by atoms with E-state index in [2.05, 4.69) is 17.9 Å². The van der Waals surface area contributed by atoms with Crippen molar-refractivity contribution >= 4 is 6.21 Å². The minimum Gasteiger partial charge on any atom is -0.285 e. The van der Waals surface area contributed by atoms with E-state index in [1.54, 1.807) is 5.01 Å². The summed E-state index contributed by atoms with van der Waals surface area (Å²) in [5, 5.41) is 5.58. The van der Waals surface area contributed by atoms with Crippen LogP contribution >= 0.6 is 0 Å². The minimum atomic E-state index is 0.758. The summed E-state index contributed by atoms with van der Waals surface area (Å²) in [5.74, 6) is 0. The standard InChI is InChI=1S/C5H7N2/c1-2-7-5-3-4-6-7/h2-3H2,1H3. The van der Waals surface area contributed by atoms with Crippen molar-refractivity contribution < 1.29 is 0 Å². The van der Waals surface area contributed by atoms with Gasteiger partial charge in [-0.2, -0.15) is 5.10 Å². The fraction of sp³-hybridized carbons (Fsp3) is 0.600. The van der Waals surface area contributed by atoms with E-state index in [9.17, 15) is 0 Å². The summed E-state index contributed by atoms with van der Waals surface area (Å²) in [4.78, 5) is 0. The second-order valence-corrected chi connectivity index (χ2v) is 1.31. The van der Waals surface area contributed by atoms with E-state index in [1.165, 1.54) is 0 Å². The third-order valence-electron chi connectivity index (χ3n) is 0.832. The number of hydrogen-bond donors (Lipinski definition) is 0. The van der Waals surface area contributed by atoms with Crippen molar-refractivity contribution in [3.05, 3.63) is 6.54 Å². The quantitative estimate of drug-likeness (QED) is 0.466. The van der Waals surface area contributed by atoms with E-state index in [-0.39, 0.29) is 0 Å². The van der Waals surface area contributed by atoms with E-state index in [0.29, 0.717) is 0 Å². The Labute approximate surface area is 43.8 Å². The largest absolute Gasteiger partial charge is 0.285 e. The first kappa shape index (κ1) is 4.62. The highest BCUT2D eigenvalue weighted by Gasteiger charge is 2.02. The van der Waals surface area contributed by atoms with Crippen molar-refractivity contribution in [1.82, 2.24) is 5.01 Å². The minimum absolute atomic E-state index is 0.758. The van der Waals surface area contributed by atoms with Crippen LogP contribution in [0.3, 0.4) is 0 Å². The molecule has 1 aliphatic rings. The molecule has 2 nitrogen and oxygen atoms in total. The summed E-state index contributed by atoms with van der Waals surface area (Å²) in [7, 11) is 0. The highest BCUT2D eigenvalue weighted by Crippen LogP contribution is 2.01. The molecule has 0 saturated carbocycles. The van der Waals surface area contributed by atoms with Gasteiger partial charge < -0.3 is 0 Å². The van der Waals surface area contributed by atoms with Crippen LogP contribution in [-0.2, 0) is 0 Å². The van der Waals surface area contributed by atoms with Crippen LogP contribution < -0.4 is 0 Å². The molecule has 3 radical (unpaired) electrons. The van der Waals surface area contributed by atoms with Crippen molar-refractivity contribution in [1.29, 1.82) is 0 Å². The lowest BCUT2D eigenvalue weighted by Crippen LogP contribution is -2.06. The van der Waals surface area contributed by atoms with Gasteiger partial charge in [0.2, 0.25) is 0 Å². The maximum atomic E-state index is 3.83. The van der Waals surface area contributed by atoms with Gasteiger partial charge in [-0.1, -0.05) is 0 Å². The molecule has 2 heteroatoms. The van der Waals surface area contributed by atoms with E-state index in [0.717, 1.165) is 13.0 Å². The van der Waals surface area contributed by atoms with Crippen LogP contribution in [-0.4, -0.2) is 17.8 Å². The number of hydrogen-bond acceptors (Lipinski definition) is 2. The maximum Gasteiger partial charge on any atom is 0.119 e. The summed E-state index contributed by atoms with van der Waals surface area (Å²) < 4.78 is 0. The van der Waals surface area contributed by atoms with Crippen LogP contribution in [0.25, 0.3) is 0 Å². The molecule has 1 rings (SSSR count). The predicted molar refractivity (Wildman–Crippen MR) is 27.7 cm³/mol. The SMILES string of the molecule is CCN1[C]C[C]=N1. The Bertz CT molecular complexity index is 78.1. The monoisotopic (exact) mass is 95.1 g/mol. The molecule has 0 unspecified atom stereocenters. The van der Waals surface area contributed by atoms with E-state index < -0.39 is 0 Å². The Balaban J connectivity index is 2.28. The molecule has 0 atom stereocenters. The Hall–Kier alpha value is -0.530. The van der Waals surface area contributed by atoms with Gasteiger partial charge in [0.15, 0.2) is 0 Å². The van der Waals surface area contributed by atoms with Gasteiger partial charge in [-0.15, -0.1) is 0 Å². The van der Waals surface area contributed by atoms with Gasteiger partial charge in [-0.25, -0.2) is 0 Å². The summed E-state index contributed by atoms with van der Waals surface area (Å²) in [6, 6.07) is 0. The Morgan fingerprint density at radius 3 is 3.00 bits per heavy atom. The molecule has 0 aromatic heterocycles.